The molecule has 18 heteroatoms. The molecule has 0 aliphatic carbocycles. The molecule has 35 heavy (non-hydrogen) atoms. The van der Waals surface area contributed by atoms with E-state index in [-0.39, 0.29) is 27.9 Å². The molecule has 0 aromatic carbocycles. The number of carbonyl (C=O) groups excluding carboxylic acids is 1. The number of aromatic nitrogens is 5. The summed E-state index contributed by atoms with van der Waals surface area (Å²) in [4.78, 5) is 42.9. The summed E-state index contributed by atoms with van der Waals surface area (Å²) in [6.07, 6.45) is -2.58. The Morgan fingerprint density at radius 3 is 2.29 bits per heavy atom. The van der Waals surface area contributed by atoms with Gasteiger partial charge in [-0.1, -0.05) is 11.3 Å². The Morgan fingerprint density at radius 2 is 1.83 bits per heavy atom. The molecule has 0 saturated carbocycles. The van der Waals surface area contributed by atoms with Gasteiger partial charge in [0.2, 0.25) is 11.8 Å². The van der Waals surface area contributed by atoms with E-state index in [2.05, 4.69) is 24.6 Å². The van der Waals surface area contributed by atoms with Crippen LogP contribution in [0.4, 0.5) is 18.3 Å². The molecule has 0 spiro atoms. The van der Waals surface area contributed by atoms with Gasteiger partial charge in [0, 0.05) is 18.8 Å². The molecule has 0 radical (unpaired) electrons. The van der Waals surface area contributed by atoms with Crippen LogP contribution in [-0.2, 0) is 22.3 Å². The van der Waals surface area contributed by atoms with Gasteiger partial charge in [0.25, 0.3) is 5.91 Å². The molecule has 0 unspecified atom stereocenters. The maximum Gasteiger partial charge on any atom is 0.471 e. The molecular weight excluding hydrogens is 520 g/mol. The van der Waals surface area contributed by atoms with Crippen molar-refractivity contribution in [3.8, 4) is 22.2 Å². The standard InChI is InChI=1S/C17H18F3N6O7PS/c1-8-9(5-25(2)24-8)11-12(17(18,19)20)23-16(35-11)26(7-33-34(28,29)30)15(27)10-13(31-3)21-6-22-14(10)32-4/h5-6H,7H2,1-4H3,(H2,28,29,30). The Hall–Kier alpha value is -3.11. The lowest BCUT2D eigenvalue weighted by molar-refractivity contribution is -0.140. The van der Waals surface area contributed by atoms with Crippen LogP contribution < -0.4 is 14.4 Å². The molecule has 0 saturated heterocycles. The predicted molar refractivity (Wildman–Crippen MR) is 114 cm³/mol. The second kappa shape index (κ2) is 9.87. The lowest BCUT2D eigenvalue weighted by Crippen LogP contribution is -2.34. The van der Waals surface area contributed by atoms with E-state index in [1.54, 1.807) is 0 Å². The average molecular weight is 538 g/mol. The van der Waals surface area contributed by atoms with E-state index in [0.717, 1.165) is 6.33 Å². The number of ether oxygens (including phenoxy) is 2. The van der Waals surface area contributed by atoms with Crippen LogP contribution in [0.3, 0.4) is 0 Å². The number of nitrogens with zero attached hydrogens (tertiary/aromatic N) is 6. The number of hydrogen-bond donors (Lipinski definition) is 2. The number of phosphoric ester groups is 1. The number of halogens is 3. The Morgan fingerprint density at radius 1 is 1.23 bits per heavy atom. The first-order valence-corrected chi connectivity index (χ1v) is 11.6. The van der Waals surface area contributed by atoms with Crippen molar-refractivity contribution >= 4 is 30.2 Å². The van der Waals surface area contributed by atoms with Gasteiger partial charge in [-0.2, -0.15) is 18.3 Å². The zero-order chi connectivity index (χ0) is 26.1. The van der Waals surface area contributed by atoms with E-state index >= 15 is 0 Å². The fourth-order valence-corrected chi connectivity index (χ4v) is 4.34. The van der Waals surface area contributed by atoms with E-state index in [1.807, 2.05) is 0 Å². The van der Waals surface area contributed by atoms with E-state index in [9.17, 15) is 22.5 Å². The average Bonchev–Trinajstić information content (AvgIpc) is 3.34. The highest BCUT2D eigenvalue weighted by Crippen LogP contribution is 2.45. The van der Waals surface area contributed by atoms with Crippen molar-refractivity contribution in [2.45, 2.75) is 13.1 Å². The Kier molecular flexibility index (Phi) is 7.47. The number of methoxy groups -OCH3 is 2. The van der Waals surface area contributed by atoms with Crippen molar-refractivity contribution in [3.63, 3.8) is 0 Å². The first-order chi connectivity index (χ1) is 16.3. The van der Waals surface area contributed by atoms with Gasteiger partial charge >= 0.3 is 14.0 Å². The van der Waals surface area contributed by atoms with Gasteiger partial charge in [0.15, 0.2) is 16.4 Å². The molecule has 0 fully saturated rings. The molecule has 3 aromatic rings. The number of hydrogen-bond acceptors (Lipinski definition) is 10. The summed E-state index contributed by atoms with van der Waals surface area (Å²) in [5, 5.41) is 3.45. The monoisotopic (exact) mass is 538 g/mol. The Labute approximate surface area is 199 Å². The minimum absolute atomic E-state index is 0.102. The molecule has 0 aliphatic rings. The van der Waals surface area contributed by atoms with E-state index < -0.39 is 43.0 Å². The highest BCUT2D eigenvalue weighted by Gasteiger charge is 2.41. The van der Waals surface area contributed by atoms with E-state index in [1.165, 1.54) is 39.1 Å². The van der Waals surface area contributed by atoms with Gasteiger partial charge in [-0.05, 0) is 6.92 Å². The Bertz CT molecular complexity index is 1270. The van der Waals surface area contributed by atoms with Crippen LogP contribution in [0, 0.1) is 6.92 Å². The van der Waals surface area contributed by atoms with Crippen molar-refractivity contribution < 1.29 is 46.3 Å². The second-order valence-corrected chi connectivity index (χ2v) is 8.94. The molecule has 3 heterocycles. The summed E-state index contributed by atoms with van der Waals surface area (Å²) >= 11 is 0.441. The maximum atomic E-state index is 13.9. The third-order valence-electron chi connectivity index (χ3n) is 4.35. The molecule has 1 amide bonds. The SMILES string of the molecule is COc1ncnc(OC)c1C(=O)N(COP(=O)(O)O)c1nc(C(F)(F)F)c(-c2cn(C)nc2C)s1. The number of aryl methyl sites for hydroxylation is 2. The van der Waals surface area contributed by atoms with Crippen LogP contribution >= 0.6 is 19.2 Å². The number of rotatable bonds is 8. The topological polar surface area (TPSA) is 162 Å². The van der Waals surface area contributed by atoms with Gasteiger partial charge in [-0.3, -0.25) is 18.9 Å². The summed E-state index contributed by atoms with van der Waals surface area (Å²) in [5.41, 5.74) is -1.40. The third kappa shape index (κ3) is 5.76. The van der Waals surface area contributed by atoms with E-state index in [4.69, 9.17) is 19.3 Å². The van der Waals surface area contributed by atoms with Crippen molar-refractivity contribution in [3.05, 3.63) is 29.5 Å². The maximum absolute atomic E-state index is 13.9. The van der Waals surface area contributed by atoms with Crippen molar-refractivity contribution in [1.82, 2.24) is 24.7 Å². The Balaban J connectivity index is 2.22. The normalized spacial score (nSPS) is 12.0. The fraction of sp³-hybridized carbons (Fsp3) is 0.353. The van der Waals surface area contributed by atoms with Crippen LogP contribution in [0.1, 0.15) is 21.7 Å². The van der Waals surface area contributed by atoms with Gasteiger partial charge in [0.05, 0.1) is 24.8 Å². The van der Waals surface area contributed by atoms with Crippen molar-refractivity contribution in [2.75, 3.05) is 25.9 Å². The summed E-state index contributed by atoms with van der Waals surface area (Å²) < 4.78 is 68.8. The third-order valence-corrected chi connectivity index (χ3v) is 5.92. The quantitative estimate of drug-likeness (QED) is 0.320. The minimum Gasteiger partial charge on any atom is -0.480 e. The van der Waals surface area contributed by atoms with Gasteiger partial charge < -0.3 is 19.3 Å². The number of anilines is 1. The van der Waals surface area contributed by atoms with Gasteiger partial charge in [-0.15, -0.1) is 0 Å². The minimum atomic E-state index is -5.16. The van der Waals surface area contributed by atoms with Crippen LogP contribution in [0.2, 0.25) is 0 Å². The van der Waals surface area contributed by atoms with E-state index in [0.29, 0.717) is 16.2 Å². The number of thiazole rings is 1. The first kappa shape index (κ1) is 26.5. The molecule has 3 aromatic heterocycles. The first-order valence-electron chi connectivity index (χ1n) is 9.30. The molecule has 190 valence electrons. The molecule has 0 bridgehead atoms. The highest BCUT2D eigenvalue weighted by molar-refractivity contribution is 7.46. The molecule has 3 rings (SSSR count). The highest BCUT2D eigenvalue weighted by atomic mass is 32.1. The van der Waals surface area contributed by atoms with Crippen molar-refractivity contribution in [1.29, 1.82) is 0 Å². The molecule has 0 aliphatic heterocycles. The lowest BCUT2D eigenvalue weighted by atomic mass is 10.2. The predicted octanol–water partition coefficient (Wildman–Crippen LogP) is 2.39. The van der Waals surface area contributed by atoms with Crippen LogP contribution in [0.5, 0.6) is 11.8 Å². The smallest absolute Gasteiger partial charge is 0.471 e. The zero-order valence-corrected chi connectivity index (χ0v) is 20.2. The molecule has 0 atom stereocenters. The van der Waals surface area contributed by atoms with Crippen LogP contribution in [0.25, 0.3) is 10.4 Å². The lowest BCUT2D eigenvalue weighted by Gasteiger charge is -2.21. The molecule has 2 N–H and O–H groups in total. The van der Waals surface area contributed by atoms with Gasteiger partial charge in [-0.25, -0.2) is 19.5 Å². The number of carbonyl (C=O) groups is 1. The zero-order valence-electron chi connectivity index (χ0n) is 18.5. The van der Waals surface area contributed by atoms with Gasteiger partial charge in [0.1, 0.15) is 13.1 Å². The number of phosphoric acid groups is 1. The van der Waals surface area contributed by atoms with Crippen molar-refractivity contribution in [2.24, 2.45) is 7.05 Å². The summed E-state index contributed by atoms with van der Waals surface area (Å²) in [6.45, 7) is 0.326. The largest absolute Gasteiger partial charge is 0.480 e. The van der Waals surface area contributed by atoms with Crippen LogP contribution in [0.15, 0.2) is 12.5 Å². The second-order valence-electron chi connectivity index (χ2n) is 6.72. The number of amides is 1. The summed E-state index contributed by atoms with van der Waals surface area (Å²) in [5.74, 6) is -1.76. The van der Waals surface area contributed by atoms with Crippen LogP contribution in [-0.4, -0.2) is 61.4 Å². The number of alkyl halides is 3. The fourth-order valence-electron chi connectivity index (χ4n) is 2.94. The molecular formula is C17H18F3N6O7PS. The summed E-state index contributed by atoms with van der Waals surface area (Å²) in [7, 11) is -1.30. The molecule has 13 nitrogen and oxygen atoms in total. The summed E-state index contributed by atoms with van der Waals surface area (Å²) in [6, 6.07) is 0.